The minimum Gasteiger partial charge on any atom is -0.320 e. The van der Waals surface area contributed by atoms with Crippen molar-refractivity contribution in [2.75, 3.05) is 0 Å². The molecule has 0 rings (SSSR count). The molecule has 0 aromatic rings. The van der Waals surface area contributed by atoms with Crippen LogP contribution in [0, 0.1) is 0 Å². The first-order valence-electron chi connectivity index (χ1n) is 4.60. The summed E-state index contributed by atoms with van der Waals surface area (Å²) in [7, 11) is 0. The summed E-state index contributed by atoms with van der Waals surface area (Å²) in [5.74, 6) is -0.253. The molecule has 0 aliphatic heterocycles. The first-order chi connectivity index (χ1) is 5.87. The summed E-state index contributed by atoms with van der Waals surface area (Å²) in [4.78, 5) is 16.3. The highest BCUT2D eigenvalue weighted by Gasteiger charge is 2.16. The normalized spacial score (nSPS) is 13.9. The van der Waals surface area contributed by atoms with E-state index in [0.717, 1.165) is 6.42 Å². The molecular formula is C9H20N2O2. The number of hydrogen-bond donors (Lipinski definition) is 2. The lowest BCUT2D eigenvalue weighted by molar-refractivity contribution is -0.147. The van der Waals surface area contributed by atoms with Gasteiger partial charge in [-0.25, -0.2) is 5.48 Å². The first kappa shape index (κ1) is 12.4. The van der Waals surface area contributed by atoms with Crippen LogP contribution in [-0.2, 0) is 9.63 Å². The van der Waals surface area contributed by atoms with Gasteiger partial charge in [-0.1, -0.05) is 13.3 Å². The van der Waals surface area contributed by atoms with Gasteiger partial charge in [-0.15, -0.1) is 0 Å². The predicted octanol–water partition coefficient (Wildman–Crippen LogP) is 0.960. The van der Waals surface area contributed by atoms with Crippen LogP contribution in [0.3, 0.4) is 0 Å². The third-order valence-corrected chi connectivity index (χ3v) is 1.39. The molecule has 1 unspecified atom stereocenters. The lowest BCUT2D eigenvalue weighted by Crippen LogP contribution is -2.43. The van der Waals surface area contributed by atoms with E-state index in [4.69, 9.17) is 10.6 Å². The van der Waals surface area contributed by atoms with Gasteiger partial charge in [0.25, 0.3) is 5.91 Å². The SMILES string of the molecule is CCCC(N)C(=O)NOC(C)(C)C. The molecule has 0 spiro atoms. The number of rotatable bonds is 4. The minimum atomic E-state index is -0.465. The van der Waals surface area contributed by atoms with Crippen LogP contribution in [0.4, 0.5) is 0 Å². The van der Waals surface area contributed by atoms with Gasteiger partial charge in [-0.2, -0.15) is 0 Å². The topological polar surface area (TPSA) is 64.4 Å². The van der Waals surface area contributed by atoms with E-state index in [9.17, 15) is 4.79 Å². The molecule has 0 aromatic carbocycles. The molecule has 13 heavy (non-hydrogen) atoms. The van der Waals surface area contributed by atoms with Crippen molar-refractivity contribution >= 4 is 5.91 Å². The standard InChI is InChI=1S/C9H20N2O2/c1-5-6-7(10)8(12)11-13-9(2,3)4/h7H,5-6,10H2,1-4H3,(H,11,12). The van der Waals surface area contributed by atoms with Gasteiger partial charge in [0.1, 0.15) is 0 Å². The van der Waals surface area contributed by atoms with E-state index in [-0.39, 0.29) is 11.5 Å². The number of nitrogens with two attached hydrogens (primary N) is 1. The molecule has 0 fully saturated rings. The second-order valence-electron chi connectivity index (χ2n) is 4.08. The Kier molecular flexibility index (Phi) is 4.95. The van der Waals surface area contributed by atoms with Crippen molar-refractivity contribution in [3.05, 3.63) is 0 Å². The van der Waals surface area contributed by atoms with Gasteiger partial charge < -0.3 is 5.73 Å². The van der Waals surface area contributed by atoms with E-state index in [0.29, 0.717) is 6.42 Å². The fourth-order valence-electron chi connectivity index (χ4n) is 0.721. The summed E-state index contributed by atoms with van der Waals surface area (Å²) >= 11 is 0. The Bertz CT molecular complexity index is 163. The first-order valence-corrected chi connectivity index (χ1v) is 4.60. The van der Waals surface area contributed by atoms with E-state index in [1.807, 2.05) is 27.7 Å². The zero-order valence-electron chi connectivity index (χ0n) is 8.89. The quantitative estimate of drug-likeness (QED) is 0.646. The van der Waals surface area contributed by atoms with E-state index in [2.05, 4.69) is 5.48 Å². The fraction of sp³-hybridized carbons (Fsp3) is 0.889. The molecule has 3 N–H and O–H groups in total. The maximum Gasteiger partial charge on any atom is 0.260 e. The number of hydroxylamine groups is 1. The number of hydrogen-bond acceptors (Lipinski definition) is 3. The molecule has 0 saturated heterocycles. The fourth-order valence-corrected chi connectivity index (χ4v) is 0.721. The van der Waals surface area contributed by atoms with E-state index < -0.39 is 6.04 Å². The average Bonchev–Trinajstić information content (AvgIpc) is 1.99. The van der Waals surface area contributed by atoms with Gasteiger partial charge in [0.2, 0.25) is 0 Å². The third-order valence-electron chi connectivity index (χ3n) is 1.39. The molecule has 0 radical (unpaired) electrons. The van der Waals surface area contributed by atoms with Crippen molar-refractivity contribution in [2.24, 2.45) is 5.73 Å². The van der Waals surface area contributed by atoms with Crippen molar-refractivity contribution in [1.82, 2.24) is 5.48 Å². The van der Waals surface area contributed by atoms with Crippen molar-refractivity contribution in [3.63, 3.8) is 0 Å². The molecule has 0 aliphatic rings. The number of amides is 1. The molecule has 78 valence electrons. The van der Waals surface area contributed by atoms with Crippen LogP contribution in [0.1, 0.15) is 40.5 Å². The molecule has 4 heteroatoms. The zero-order chi connectivity index (χ0) is 10.5. The second kappa shape index (κ2) is 5.19. The van der Waals surface area contributed by atoms with Crippen LogP contribution in [0.25, 0.3) is 0 Å². The highest BCUT2D eigenvalue weighted by atomic mass is 16.7. The molecule has 1 atom stereocenters. The molecule has 0 aromatic heterocycles. The Morgan fingerprint density at radius 2 is 2.08 bits per heavy atom. The van der Waals surface area contributed by atoms with Crippen LogP contribution < -0.4 is 11.2 Å². The summed E-state index contributed by atoms with van der Waals surface area (Å²) in [6.07, 6.45) is 1.57. The lowest BCUT2D eigenvalue weighted by atomic mass is 10.2. The Labute approximate surface area is 79.8 Å². The summed E-state index contributed by atoms with van der Waals surface area (Å²) in [5.41, 5.74) is 7.53. The van der Waals surface area contributed by atoms with Gasteiger partial charge in [0.05, 0.1) is 11.6 Å². The Morgan fingerprint density at radius 3 is 2.46 bits per heavy atom. The molecule has 0 heterocycles. The third kappa shape index (κ3) is 6.54. The Hall–Kier alpha value is -0.610. The monoisotopic (exact) mass is 188 g/mol. The molecule has 1 amide bonds. The number of carbonyl (C=O) groups is 1. The minimum absolute atomic E-state index is 0.253. The van der Waals surface area contributed by atoms with E-state index in [1.165, 1.54) is 0 Å². The van der Waals surface area contributed by atoms with Crippen molar-refractivity contribution < 1.29 is 9.63 Å². The molecule has 0 aliphatic carbocycles. The van der Waals surface area contributed by atoms with Gasteiger partial charge in [0.15, 0.2) is 0 Å². The summed E-state index contributed by atoms with van der Waals surface area (Å²) in [6, 6.07) is -0.465. The highest BCUT2D eigenvalue weighted by Crippen LogP contribution is 2.04. The van der Waals surface area contributed by atoms with Crippen LogP contribution in [0.15, 0.2) is 0 Å². The second-order valence-corrected chi connectivity index (χ2v) is 4.08. The molecule has 4 nitrogen and oxygen atoms in total. The lowest BCUT2D eigenvalue weighted by Gasteiger charge is -2.20. The summed E-state index contributed by atoms with van der Waals surface area (Å²) < 4.78 is 0. The molecular weight excluding hydrogens is 168 g/mol. The maximum atomic E-state index is 11.2. The molecule has 0 bridgehead atoms. The van der Waals surface area contributed by atoms with Gasteiger partial charge >= 0.3 is 0 Å². The van der Waals surface area contributed by atoms with Crippen molar-refractivity contribution in [1.29, 1.82) is 0 Å². The predicted molar refractivity (Wildman–Crippen MR) is 51.9 cm³/mol. The van der Waals surface area contributed by atoms with Crippen LogP contribution >= 0.6 is 0 Å². The van der Waals surface area contributed by atoms with Gasteiger partial charge in [-0.3, -0.25) is 9.63 Å². The zero-order valence-corrected chi connectivity index (χ0v) is 8.89. The van der Waals surface area contributed by atoms with Gasteiger partial charge in [-0.05, 0) is 27.2 Å². The Morgan fingerprint density at radius 1 is 1.54 bits per heavy atom. The average molecular weight is 188 g/mol. The molecule has 0 saturated carbocycles. The van der Waals surface area contributed by atoms with Crippen LogP contribution in [0.5, 0.6) is 0 Å². The van der Waals surface area contributed by atoms with E-state index in [1.54, 1.807) is 0 Å². The van der Waals surface area contributed by atoms with Crippen LogP contribution in [-0.4, -0.2) is 17.6 Å². The Balaban J connectivity index is 3.74. The number of nitrogens with one attached hydrogen (secondary N) is 1. The van der Waals surface area contributed by atoms with Gasteiger partial charge in [0, 0.05) is 0 Å². The van der Waals surface area contributed by atoms with Crippen molar-refractivity contribution in [2.45, 2.75) is 52.2 Å². The van der Waals surface area contributed by atoms with E-state index >= 15 is 0 Å². The summed E-state index contributed by atoms with van der Waals surface area (Å²) in [5, 5.41) is 0. The summed E-state index contributed by atoms with van der Waals surface area (Å²) in [6.45, 7) is 7.56. The van der Waals surface area contributed by atoms with Crippen molar-refractivity contribution in [3.8, 4) is 0 Å². The largest absolute Gasteiger partial charge is 0.320 e. The highest BCUT2D eigenvalue weighted by molar-refractivity contribution is 5.80. The smallest absolute Gasteiger partial charge is 0.260 e. The number of carbonyl (C=O) groups excluding carboxylic acids is 1. The maximum absolute atomic E-state index is 11.2. The van der Waals surface area contributed by atoms with Crippen LogP contribution in [0.2, 0.25) is 0 Å².